The van der Waals surface area contributed by atoms with Crippen LogP contribution in [0.15, 0.2) is 30.7 Å². The van der Waals surface area contributed by atoms with Gasteiger partial charge in [-0.15, -0.1) is 0 Å². The topological polar surface area (TPSA) is 42.8 Å². The minimum Gasteiger partial charge on any atom is -0.381 e. The maximum atomic E-state index is 5.15. The van der Waals surface area contributed by atoms with Crippen molar-refractivity contribution in [1.82, 2.24) is 14.8 Å². The molecule has 1 saturated heterocycles. The normalized spacial score (nSPS) is 16.2. The van der Waals surface area contributed by atoms with Gasteiger partial charge in [0.1, 0.15) is 0 Å². The third-order valence-corrected chi connectivity index (χ3v) is 3.02. The van der Waals surface area contributed by atoms with Gasteiger partial charge in [-0.05, 0) is 18.6 Å². The maximum absolute atomic E-state index is 5.15. The second-order valence-corrected chi connectivity index (χ2v) is 4.27. The first-order chi connectivity index (χ1) is 7.92. The molecule has 4 nitrogen and oxygen atoms in total. The summed E-state index contributed by atoms with van der Waals surface area (Å²) in [6.07, 6.45) is 7.08. The van der Waals surface area contributed by atoms with Crippen molar-refractivity contribution in [2.75, 3.05) is 13.2 Å². The Morgan fingerprint density at radius 2 is 2.44 bits per heavy atom. The van der Waals surface area contributed by atoms with Gasteiger partial charge in [-0.2, -0.15) is 5.10 Å². The number of H-pyrrole nitrogens is 1. The lowest BCUT2D eigenvalue weighted by molar-refractivity contribution is -0.0375. The van der Waals surface area contributed by atoms with Crippen LogP contribution in [0.1, 0.15) is 6.42 Å². The summed E-state index contributed by atoms with van der Waals surface area (Å²) in [4.78, 5) is 3.18. The molecule has 1 aliphatic heterocycles. The number of hydrogen-bond acceptors (Lipinski definition) is 2. The van der Waals surface area contributed by atoms with E-state index in [1.807, 2.05) is 23.1 Å². The van der Waals surface area contributed by atoms with Crippen LogP contribution in [0.4, 0.5) is 0 Å². The number of nitrogens with zero attached hydrogens (tertiary/aromatic N) is 2. The van der Waals surface area contributed by atoms with E-state index in [2.05, 4.69) is 22.3 Å². The van der Waals surface area contributed by atoms with E-state index < -0.39 is 0 Å². The first-order valence-corrected chi connectivity index (χ1v) is 5.66. The Kier molecular flexibility index (Phi) is 2.50. The highest BCUT2D eigenvalue weighted by Crippen LogP contribution is 2.18. The fourth-order valence-corrected chi connectivity index (χ4v) is 1.90. The summed E-state index contributed by atoms with van der Waals surface area (Å²) in [6.45, 7) is 2.82. The number of ether oxygens (including phenoxy) is 1. The summed E-state index contributed by atoms with van der Waals surface area (Å²) in [6, 6.07) is 4.06. The lowest BCUT2D eigenvalue weighted by Gasteiger charge is -2.25. The van der Waals surface area contributed by atoms with Gasteiger partial charge in [0.2, 0.25) is 0 Å². The molecule has 2 aromatic rings. The van der Waals surface area contributed by atoms with Crippen molar-refractivity contribution < 1.29 is 4.74 Å². The number of aryl methyl sites for hydroxylation is 1. The Hall–Kier alpha value is -1.55. The molecule has 0 bridgehead atoms. The van der Waals surface area contributed by atoms with Crippen LogP contribution in [-0.4, -0.2) is 28.0 Å². The van der Waals surface area contributed by atoms with E-state index in [1.54, 1.807) is 0 Å². The third-order valence-electron chi connectivity index (χ3n) is 3.02. The molecule has 3 rings (SSSR count). The predicted octanol–water partition coefficient (Wildman–Crippen LogP) is 1.91. The van der Waals surface area contributed by atoms with Crippen molar-refractivity contribution in [2.45, 2.75) is 13.0 Å². The molecular formula is C12H15N3O. The number of nitrogens with one attached hydrogen (secondary N) is 1. The number of hydrogen-bond donors (Lipinski definition) is 1. The molecule has 16 heavy (non-hydrogen) atoms. The predicted molar refractivity (Wildman–Crippen MR) is 60.9 cm³/mol. The summed E-state index contributed by atoms with van der Waals surface area (Å²) in [5.41, 5.74) is 2.27. The van der Waals surface area contributed by atoms with E-state index in [9.17, 15) is 0 Å². The van der Waals surface area contributed by atoms with Crippen LogP contribution in [0.3, 0.4) is 0 Å². The molecule has 1 aliphatic rings. The van der Waals surface area contributed by atoms with Gasteiger partial charge >= 0.3 is 0 Å². The minimum atomic E-state index is 0.734. The highest BCUT2D eigenvalue weighted by molar-refractivity contribution is 5.56. The Bertz CT molecular complexity index is 443. The van der Waals surface area contributed by atoms with Crippen molar-refractivity contribution in [3.05, 3.63) is 30.7 Å². The summed E-state index contributed by atoms with van der Waals surface area (Å²) >= 11 is 0. The summed E-state index contributed by atoms with van der Waals surface area (Å²) in [7, 11) is 0. The molecule has 0 unspecified atom stereocenters. The minimum absolute atomic E-state index is 0.734. The molecule has 0 atom stereocenters. The Labute approximate surface area is 94.2 Å². The quantitative estimate of drug-likeness (QED) is 0.850. The molecule has 0 spiro atoms. The van der Waals surface area contributed by atoms with Gasteiger partial charge in [0.15, 0.2) is 0 Å². The first-order valence-electron chi connectivity index (χ1n) is 5.66. The zero-order valence-electron chi connectivity index (χ0n) is 9.10. The zero-order valence-corrected chi connectivity index (χ0v) is 9.10. The first kappa shape index (κ1) is 9.66. The largest absolute Gasteiger partial charge is 0.381 e. The van der Waals surface area contributed by atoms with Crippen LogP contribution < -0.4 is 0 Å². The molecular weight excluding hydrogens is 202 g/mol. The maximum Gasteiger partial charge on any atom is 0.0583 e. The molecule has 0 saturated carbocycles. The SMILES string of the molecule is c1c[nH]c(-c2cnn(CCC3COC3)c2)c1. The molecule has 1 fully saturated rings. The Morgan fingerprint density at radius 1 is 1.50 bits per heavy atom. The third kappa shape index (κ3) is 1.88. The average Bonchev–Trinajstić information content (AvgIpc) is 2.84. The van der Waals surface area contributed by atoms with E-state index in [0.717, 1.165) is 43.4 Å². The van der Waals surface area contributed by atoms with E-state index in [1.165, 1.54) is 0 Å². The number of aromatic nitrogens is 3. The number of rotatable bonds is 4. The molecule has 3 heterocycles. The molecule has 84 valence electrons. The smallest absolute Gasteiger partial charge is 0.0583 e. The molecule has 0 radical (unpaired) electrons. The fraction of sp³-hybridized carbons (Fsp3) is 0.417. The lowest BCUT2D eigenvalue weighted by Crippen LogP contribution is -2.28. The Morgan fingerprint density at radius 3 is 3.12 bits per heavy atom. The van der Waals surface area contributed by atoms with Crippen LogP contribution in [0.25, 0.3) is 11.3 Å². The molecule has 1 N–H and O–H groups in total. The summed E-state index contributed by atoms with van der Waals surface area (Å²) in [5.74, 6) is 0.734. The van der Waals surface area contributed by atoms with Gasteiger partial charge in [-0.25, -0.2) is 0 Å². The second kappa shape index (κ2) is 4.14. The average molecular weight is 217 g/mol. The van der Waals surface area contributed by atoms with Crippen LogP contribution in [0.2, 0.25) is 0 Å². The van der Waals surface area contributed by atoms with Gasteiger partial charge < -0.3 is 9.72 Å². The van der Waals surface area contributed by atoms with Crippen LogP contribution in [0, 0.1) is 5.92 Å². The zero-order chi connectivity index (χ0) is 10.8. The monoisotopic (exact) mass is 217 g/mol. The van der Waals surface area contributed by atoms with Crippen LogP contribution in [-0.2, 0) is 11.3 Å². The molecule has 2 aromatic heterocycles. The molecule has 4 heteroatoms. The van der Waals surface area contributed by atoms with Crippen molar-refractivity contribution >= 4 is 0 Å². The van der Waals surface area contributed by atoms with Crippen molar-refractivity contribution in [2.24, 2.45) is 5.92 Å². The highest BCUT2D eigenvalue weighted by Gasteiger charge is 2.17. The van der Waals surface area contributed by atoms with Crippen molar-refractivity contribution in [3.8, 4) is 11.3 Å². The van der Waals surface area contributed by atoms with Gasteiger partial charge in [-0.3, -0.25) is 4.68 Å². The van der Waals surface area contributed by atoms with Gasteiger partial charge in [-0.1, -0.05) is 0 Å². The Balaban J connectivity index is 1.63. The van der Waals surface area contributed by atoms with Crippen molar-refractivity contribution in [1.29, 1.82) is 0 Å². The standard InChI is InChI=1S/C12H15N3O/c1-2-12(13-4-1)11-6-14-15(7-11)5-3-10-8-16-9-10/h1-2,4,6-7,10,13H,3,5,8-9H2. The number of aromatic amines is 1. The van der Waals surface area contributed by atoms with E-state index in [4.69, 9.17) is 4.74 Å². The summed E-state index contributed by atoms with van der Waals surface area (Å²) in [5, 5.41) is 4.36. The lowest BCUT2D eigenvalue weighted by atomic mass is 10.0. The second-order valence-electron chi connectivity index (χ2n) is 4.27. The van der Waals surface area contributed by atoms with E-state index >= 15 is 0 Å². The molecule has 0 aliphatic carbocycles. The van der Waals surface area contributed by atoms with Gasteiger partial charge in [0.25, 0.3) is 0 Å². The molecule has 0 amide bonds. The van der Waals surface area contributed by atoms with Crippen LogP contribution >= 0.6 is 0 Å². The van der Waals surface area contributed by atoms with E-state index in [-0.39, 0.29) is 0 Å². The van der Waals surface area contributed by atoms with Gasteiger partial charge in [0.05, 0.1) is 19.4 Å². The fourth-order valence-electron chi connectivity index (χ4n) is 1.90. The van der Waals surface area contributed by atoms with E-state index in [0.29, 0.717) is 0 Å². The highest BCUT2D eigenvalue weighted by atomic mass is 16.5. The summed E-state index contributed by atoms with van der Waals surface area (Å²) < 4.78 is 7.16. The van der Waals surface area contributed by atoms with Crippen molar-refractivity contribution in [3.63, 3.8) is 0 Å². The van der Waals surface area contributed by atoms with Crippen LogP contribution in [0.5, 0.6) is 0 Å². The molecule has 0 aromatic carbocycles. The van der Waals surface area contributed by atoms with Gasteiger partial charge in [0, 0.05) is 36.1 Å².